The van der Waals surface area contributed by atoms with Gasteiger partial charge < -0.3 is 14.8 Å². The zero-order valence-corrected chi connectivity index (χ0v) is 16.4. The summed E-state index contributed by atoms with van der Waals surface area (Å²) in [6.45, 7) is 1.61. The molecule has 0 fully saturated rings. The highest BCUT2D eigenvalue weighted by molar-refractivity contribution is 9.10. The second kappa shape index (κ2) is 9.97. The summed E-state index contributed by atoms with van der Waals surface area (Å²) >= 11 is 3.37. The first-order valence-electron chi connectivity index (χ1n) is 8.31. The number of nitrogens with one attached hydrogen (secondary N) is 1. The lowest BCUT2D eigenvalue weighted by atomic mass is 10.1. The van der Waals surface area contributed by atoms with Crippen molar-refractivity contribution in [2.45, 2.75) is 25.8 Å². The molecule has 0 saturated carbocycles. The molecule has 0 radical (unpaired) electrons. The van der Waals surface area contributed by atoms with Gasteiger partial charge in [0.2, 0.25) is 0 Å². The van der Waals surface area contributed by atoms with Crippen LogP contribution in [0.15, 0.2) is 53.0 Å². The molecule has 0 aliphatic rings. The van der Waals surface area contributed by atoms with Crippen molar-refractivity contribution in [1.29, 1.82) is 0 Å². The fourth-order valence-electron chi connectivity index (χ4n) is 2.37. The fraction of sp³-hybridized carbons (Fsp3) is 0.300. The summed E-state index contributed by atoms with van der Waals surface area (Å²) in [4.78, 5) is 23.7. The van der Waals surface area contributed by atoms with Gasteiger partial charge in [-0.15, -0.1) is 0 Å². The van der Waals surface area contributed by atoms with Gasteiger partial charge in [-0.25, -0.2) is 0 Å². The number of esters is 1. The largest absolute Gasteiger partial charge is 0.497 e. The van der Waals surface area contributed by atoms with Crippen LogP contribution in [0.4, 0.5) is 0 Å². The molecule has 1 atom stereocenters. The van der Waals surface area contributed by atoms with E-state index in [0.29, 0.717) is 6.42 Å². The minimum Gasteiger partial charge on any atom is -0.497 e. The molecule has 2 rings (SSSR count). The highest BCUT2D eigenvalue weighted by Crippen LogP contribution is 2.16. The molecule has 2 aromatic carbocycles. The molecule has 0 aliphatic carbocycles. The molecule has 0 aliphatic heterocycles. The van der Waals surface area contributed by atoms with Crippen LogP contribution < -0.4 is 10.1 Å². The van der Waals surface area contributed by atoms with E-state index in [0.717, 1.165) is 21.3 Å². The molecule has 5 nitrogen and oxygen atoms in total. The normalized spacial score (nSPS) is 11.5. The number of rotatable bonds is 8. The van der Waals surface area contributed by atoms with Crippen molar-refractivity contribution in [2.24, 2.45) is 0 Å². The van der Waals surface area contributed by atoms with Crippen molar-refractivity contribution in [3.05, 3.63) is 64.1 Å². The summed E-state index contributed by atoms with van der Waals surface area (Å²) < 4.78 is 11.1. The predicted molar refractivity (Wildman–Crippen MR) is 103 cm³/mol. The van der Waals surface area contributed by atoms with Gasteiger partial charge in [-0.2, -0.15) is 0 Å². The lowest BCUT2D eigenvalue weighted by Crippen LogP contribution is -2.31. The number of aryl methyl sites for hydroxylation is 1. The Morgan fingerprint density at radius 1 is 1.08 bits per heavy atom. The Kier molecular flexibility index (Phi) is 7.66. The number of carbonyl (C=O) groups is 2. The number of methoxy groups -OCH3 is 1. The number of halogens is 1. The molecule has 0 spiro atoms. The van der Waals surface area contributed by atoms with Crippen molar-refractivity contribution >= 4 is 27.8 Å². The molecule has 26 heavy (non-hydrogen) atoms. The zero-order chi connectivity index (χ0) is 18.9. The van der Waals surface area contributed by atoms with Crippen LogP contribution >= 0.6 is 15.9 Å². The Morgan fingerprint density at radius 3 is 2.35 bits per heavy atom. The lowest BCUT2D eigenvalue weighted by molar-refractivity contribution is -0.148. The third kappa shape index (κ3) is 6.52. The lowest BCUT2D eigenvalue weighted by Gasteiger charge is -2.14. The predicted octanol–water partition coefficient (Wildman–Crippen LogP) is 3.81. The highest BCUT2D eigenvalue weighted by atomic mass is 79.9. The van der Waals surface area contributed by atoms with Crippen LogP contribution in [0.25, 0.3) is 0 Å². The third-order valence-electron chi connectivity index (χ3n) is 3.89. The standard InChI is InChI=1S/C20H22BrNO4/c1-14(16-6-8-17(21)9-7-16)22-19(23)13-26-20(24)12-5-15-3-10-18(25-2)11-4-15/h3-4,6-11,14H,5,12-13H2,1-2H3,(H,22,23)/t14-/m0/s1. The van der Waals surface area contributed by atoms with Crippen LogP contribution in [0.3, 0.4) is 0 Å². The molecule has 0 bridgehead atoms. The summed E-state index contributed by atoms with van der Waals surface area (Å²) in [7, 11) is 1.61. The average Bonchev–Trinajstić information content (AvgIpc) is 2.65. The monoisotopic (exact) mass is 419 g/mol. The van der Waals surface area contributed by atoms with Gasteiger partial charge in [0.1, 0.15) is 5.75 Å². The molecule has 6 heteroatoms. The summed E-state index contributed by atoms with van der Waals surface area (Å²) in [6, 6.07) is 15.0. The second-order valence-corrected chi connectivity index (χ2v) is 6.77. The van der Waals surface area contributed by atoms with Crippen LogP contribution in [-0.2, 0) is 20.7 Å². The first-order chi connectivity index (χ1) is 12.5. The Balaban J connectivity index is 1.70. The number of hydrogen-bond donors (Lipinski definition) is 1. The molecule has 0 unspecified atom stereocenters. The maximum absolute atomic E-state index is 11.9. The van der Waals surface area contributed by atoms with Crippen molar-refractivity contribution in [2.75, 3.05) is 13.7 Å². The molecule has 1 amide bonds. The first-order valence-corrected chi connectivity index (χ1v) is 9.10. The van der Waals surface area contributed by atoms with Gasteiger partial charge in [0.25, 0.3) is 5.91 Å². The summed E-state index contributed by atoms with van der Waals surface area (Å²) in [5.41, 5.74) is 1.99. The van der Waals surface area contributed by atoms with Crippen LogP contribution in [0.1, 0.15) is 30.5 Å². The molecule has 138 valence electrons. The van der Waals surface area contributed by atoms with E-state index < -0.39 is 5.97 Å². The molecular formula is C20H22BrNO4. The van der Waals surface area contributed by atoms with E-state index in [1.165, 1.54) is 0 Å². The highest BCUT2D eigenvalue weighted by Gasteiger charge is 2.12. The van der Waals surface area contributed by atoms with Crippen LogP contribution in [-0.4, -0.2) is 25.6 Å². The van der Waals surface area contributed by atoms with Crippen molar-refractivity contribution in [1.82, 2.24) is 5.32 Å². The molecule has 0 heterocycles. The van der Waals surface area contributed by atoms with E-state index in [4.69, 9.17) is 9.47 Å². The fourth-order valence-corrected chi connectivity index (χ4v) is 2.64. The number of carbonyl (C=O) groups excluding carboxylic acids is 2. The molecule has 0 aromatic heterocycles. The van der Waals surface area contributed by atoms with Gasteiger partial charge in [-0.1, -0.05) is 40.2 Å². The van der Waals surface area contributed by atoms with Gasteiger partial charge in [0, 0.05) is 10.9 Å². The molecular weight excluding hydrogens is 398 g/mol. The Labute approximate surface area is 161 Å². The number of amides is 1. The first kappa shape index (κ1) is 20.0. The molecule has 1 N–H and O–H groups in total. The van der Waals surface area contributed by atoms with E-state index in [-0.39, 0.29) is 25.0 Å². The van der Waals surface area contributed by atoms with E-state index in [1.807, 2.05) is 55.5 Å². The van der Waals surface area contributed by atoms with Crippen LogP contribution in [0, 0.1) is 0 Å². The van der Waals surface area contributed by atoms with Gasteiger partial charge >= 0.3 is 5.97 Å². The Hall–Kier alpha value is -2.34. The van der Waals surface area contributed by atoms with Crippen molar-refractivity contribution in [3.8, 4) is 5.75 Å². The van der Waals surface area contributed by atoms with Gasteiger partial charge in [0.05, 0.1) is 13.2 Å². The minimum atomic E-state index is -0.396. The van der Waals surface area contributed by atoms with E-state index in [1.54, 1.807) is 7.11 Å². The smallest absolute Gasteiger partial charge is 0.306 e. The number of ether oxygens (including phenoxy) is 2. The second-order valence-electron chi connectivity index (χ2n) is 5.85. The van der Waals surface area contributed by atoms with E-state index >= 15 is 0 Å². The topological polar surface area (TPSA) is 64.6 Å². The summed E-state index contributed by atoms with van der Waals surface area (Å²) in [6.07, 6.45) is 0.779. The minimum absolute atomic E-state index is 0.159. The quantitative estimate of drug-likeness (QED) is 0.660. The summed E-state index contributed by atoms with van der Waals surface area (Å²) in [5.74, 6) is 0.0540. The number of hydrogen-bond acceptors (Lipinski definition) is 4. The van der Waals surface area contributed by atoms with Crippen molar-refractivity contribution < 1.29 is 19.1 Å². The maximum Gasteiger partial charge on any atom is 0.306 e. The Morgan fingerprint density at radius 2 is 1.73 bits per heavy atom. The average molecular weight is 420 g/mol. The van der Waals surface area contributed by atoms with Crippen LogP contribution in [0.2, 0.25) is 0 Å². The molecule has 0 saturated heterocycles. The summed E-state index contributed by atoms with van der Waals surface area (Å²) in [5, 5.41) is 2.81. The zero-order valence-electron chi connectivity index (χ0n) is 14.8. The van der Waals surface area contributed by atoms with Crippen LogP contribution in [0.5, 0.6) is 5.75 Å². The third-order valence-corrected chi connectivity index (χ3v) is 4.42. The van der Waals surface area contributed by atoms with Crippen molar-refractivity contribution in [3.63, 3.8) is 0 Å². The van der Waals surface area contributed by atoms with Gasteiger partial charge in [-0.3, -0.25) is 9.59 Å². The van der Waals surface area contributed by atoms with E-state index in [2.05, 4.69) is 21.2 Å². The van der Waals surface area contributed by atoms with Gasteiger partial charge in [-0.05, 0) is 48.7 Å². The van der Waals surface area contributed by atoms with E-state index in [9.17, 15) is 9.59 Å². The van der Waals surface area contributed by atoms with Gasteiger partial charge in [0.15, 0.2) is 6.61 Å². The SMILES string of the molecule is COc1ccc(CCC(=O)OCC(=O)N[C@@H](C)c2ccc(Br)cc2)cc1. The Bertz CT molecular complexity index is 728. The maximum atomic E-state index is 11.9. The number of benzene rings is 2. The molecule has 2 aromatic rings.